The average Bonchev–Trinajstić information content (AvgIpc) is 2.85. The SMILES string of the molecule is Cc1ccc(NC(=O)c2ccc(N3COCCS3)cc2)cc1-c1nccc2ccccc12. The van der Waals surface area contributed by atoms with Crippen LogP contribution in [-0.2, 0) is 4.74 Å². The normalized spacial score (nSPS) is 13.8. The Labute approximate surface area is 191 Å². The lowest BCUT2D eigenvalue weighted by atomic mass is 9.99. The lowest BCUT2D eigenvalue weighted by molar-refractivity contribution is 0.102. The van der Waals surface area contributed by atoms with E-state index < -0.39 is 0 Å². The van der Waals surface area contributed by atoms with Crippen LogP contribution in [0.1, 0.15) is 15.9 Å². The highest BCUT2D eigenvalue weighted by Crippen LogP contribution is 2.31. The van der Waals surface area contributed by atoms with Crippen LogP contribution in [0.4, 0.5) is 11.4 Å². The van der Waals surface area contributed by atoms with E-state index in [1.807, 2.05) is 66.9 Å². The molecule has 1 aliphatic heterocycles. The van der Waals surface area contributed by atoms with Crippen LogP contribution in [0, 0.1) is 6.92 Å². The van der Waals surface area contributed by atoms with E-state index in [1.54, 1.807) is 11.9 Å². The Balaban J connectivity index is 1.38. The molecule has 1 fully saturated rings. The summed E-state index contributed by atoms with van der Waals surface area (Å²) in [6.07, 6.45) is 1.83. The minimum absolute atomic E-state index is 0.139. The third-order valence-corrected chi connectivity index (χ3v) is 6.50. The fraction of sp³-hybridized carbons (Fsp3) is 0.154. The number of benzene rings is 3. The van der Waals surface area contributed by atoms with Crippen LogP contribution in [0.15, 0.2) is 79.0 Å². The van der Waals surface area contributed by atoms with Gasteiger partial charge in [0.25, 0.3) is 5.91 Å². The predicted octanol–water partition coefficient (Wildman–Crippen LogP) is 5.90. The Hall–Kier alpha value is -3.35. The molecule has 1 N–H and O–H groups in total. The molecule has 0 radical (unpaired) electrons. The van der Waals surface area contributed by atoms with Gasteiger partial charge in [-0.15, -0.1) is 0 Å². The third kappa shape index (κ3) is 4.20. The molecule has 0 bridgehead atoms. The lowest BCUT2D eigenvalue weighted by Crippen LogP contribution is -2.25. The van der Waals surface area contributed by atoms with Crippen LogP contribution in [0.3, 0.4) is 0 Å². The minimum Gasteiger partial charge on any atom is -0.359 e. The van der Waals surface area contributed by atoms with Crippen molar-refractivity contribution in [1.82, 2.24) is 4.98 Å². The molecule has 0 atom stereocenters. The number of rotatable bonds is 4. The van der Waals surface area contributed by atoms with Crippen molar-refractivity contribution < 1.29 is 9.53 Å². The van der Waals surface area contributed by atoms with Crippen molar-refractivity contribution in [3.8, 4) is 11.3 Å². The van der Waals surface area contributed by atoms with Gasteiger partial charge in [0.05, 0.1) is 12.3 Å². The van der Waals surface area contributed by atoms with E-state index in [2.05, 4.69) is 33.7 Å². The Bertz CT molecular complexity index is 1260. The lowest BCUT2D eigenvalue weighted by Gasteiger charge is -2.27. The second-order valence-electron chi connectivity index (χ2n) is 7.66. The maximum absolute atomic E-state index is 12.9. The number of nitrogens with zero attached hydrogens (tertiary/aromatic N) is 2. The minimum atomic E-state index is -0.139. The van der Waals surface area contributed by atoms with Crippen LogP contribution >= 0.6 is 11.9 Å². The van der Waals surface area contributed by atoms with Crippen molar-refractivity contribution in [2.45, 2.75) is 6.92 Å². The van der Waals surface area contributed by atoms with E-state index >= 15 is 0 Å². The molecule has 0 aliphatic carbocycles. The molecular weight excluding hydrogens is 418 g/mol. The number of amides is 1. The zero-order chi connectivity index (χ0) is 21.9. The molecule has 32 heavy (non-hydrogen) atoms. The summed E-state index contributed by atoms with van der Waals surface area (Å²) in [6, 6.07) is 23.8. The molecular formula is C26H23N3O2S. The Morgan fingerprint density at radius 1 is 1.06 bits per heavy atom. The highest BCUT2D eigenvalue weighted by molar-refractivity contribution is 8.00. The Kier molecular flexibility index (Phi) is 5.79. The average molecular weight is 442 g/mol. The van der Waals surface area contributed by atoms with Crippen molar-refractivity contribution in [3.05, 3.63) is 90.1 Å². The summed E-state index contributed by atoms with van der Waals surface area (Å²) < 4.78 is 7.59. The van der Waals surface area contributed by atoms with Gasteiger partial charge in [0.1, 0.15) is 6.73 Å². The number of anilines is 2. The van der Waals surface area contributed by atoms with Gasteiger partial charge in [-0.1, -0.05) is 30.3 Å². The molecule has 3 aromatic carbocycles. The number of hydrogen-bond acceptors (Lipinski definition) is 5. The molecule has 0 saturated carbocycles. The van der Waals surface area contributed by atoms with E-state index in [9.17, 15) is 4.79 Å². The number of ether oxygens (including phenoxy) is 1. The largest absolute Gasteiger partial charge is 0.359 e. The van der Waals surface area contributed by atoms with Crippen molar-refractivity contribution in [2.75, 3.05) is 28.7 Å². The van der Waals surface area contributed by atoms with Crippen LogP contribution < -0.4 is 9.62 Å². The van der Waals surface area contributed by atoms with Crippen LogP contribution in [0.25, 0.3) is 22.0 Å². The van der Waals surface area contributed by atoms with Crippen molar-refractivity contribution in [3.63, 3.8) is 0 Å². The molecule has 1 aromatic heterocycles. The smallest absolute Gasteiger partial charge is 0.255 e. The quantitative estimate of drug-likeness (QED) is 0.399. The van der Waals surface area contributed by atoms with Gasteiger partial charge in [-0.3, -0.25) is 14.1 Å². The standard InChI is InChI=1S/C26H23N3O2S/c1-18-6-9-21(16-24(18)25-23-5-3-2-4-19(23)12-13-27-25)28-26(30)20-7-10-22(11-8-20)29-17-31-14-15-32-29/h2-13,16H,14-15,17H2,1H3,(H,28,30). The van der Waals surface area contributed by atoms with E-state index in [-0.39, 0.29) is 5.91 Å². The predicted molar refractivity (Wildman–Crippen MR) is 132 cm³/mol. The molecule has 0 unspecified atom stereocenters. The van der Waals surface area contributed by atoms with Gasteiger partial charge in [-0.05, 0) is 72.3 Å². The molecule has 160 valence electrons. The van der Waals surface area contributed by atoms with Gasteiger partial charge in [0.15, 0.2) is 0 Å². The summed E-state index contributed by atoms with van der Waals surface area (Å²) in [4.78, 5) is 17.5. The molecule has 2 heterocycles. The van der Waals surface area contributed by atoms with Crippen molar-refractivity contribution >= 4 is 40.0 Å². The van der Waals surface area contributed by atoms with E-state index in [1.165, 1.54) is 0 Å². The molecule has 6 heteroatoms. The topological polar surface area (TPSA) is 54.5 Å². The first kappa shape index (κ1) is 20.5. The summed E-state index contributed by atoms with van der Waals surface area (Å²) in [6.45, 7) is 3.39. The molecule has 1 amide bonds. The number of hydrogen-bond donors (Lipinski definition) is 1. The zero-order valence-electron chi connectivity index (χ0n) is 17.7. The fourth-order valence-electron chi connectivity index (χ4n) is 3.81. The molecule has 5 rings (SSSR count). The molecule has 1 saturated heterocycles. The van der Waals surface area contributed by atoms with Crippen molar-refractivity contribution in [2.24, 2.45) is 0 Å². The fourth-order valence-corrected chi connectivity index (χ4v) is 4.64. The highest BCUT2D eigenvalue weighted by Gasteiger charge is 2.14. The van der Waals surface area contributed by atoms with Gasteiger partial charge in [0, 0.05) is 39.8 Å². The van der Waals surface area contributed by atoms with Gasteiger partial charge < -0.3 is 10.1 Å². The summed E-state index contributed by atoms with van der Waals surface area (Å²) in [7, 11) is 0. The van der Waals surface area contributed by atoms with Gasteiger partial charge in [-0.25, -0.2) is 0 Å². The molecule has 5 nitrogen and oxygen atoms in total. The molecule has 0 spiro atoms. The van der Waals surface area contributed by atoms with E-state index in [0.29, 0.717) is 12.3 Å². The number of carbonyl (C=O) groups is 1. The molecule has 4 aromatic rings. The number of pyridine rings is 1. The summed E-state index contributed by atoms with van der Waals surface area (Å²) >= 11 is 1.74. The maximum atomic E-state index is 12.9. The third-order valence-electron chi connectivity index (χ3n) is 5.53. The van der Waals surface area contributed by atoms with Gasteiger partial charge in [-0.2, -0.15) is 0 Å². The van der Waals surface area contributed by atoms with Crippen LogP contribution in [0.2, 0.25) is 0 Å². The number of carbonyl (C=O) groups excluding carboxylic acids is 1. The first-order chi connectivity index (χ1) is 15.7. The highest BCUT2D eigenvalue weighted by atomic mass is 32.2. The first-order valence-electron chi connectivity index (χ1n) is 10.5. The summed E-state index contributed by atoms with van der Waals surface area (Å²) in [5.74, 6) is 0.795. The van der Waals surface area contributed by atoms with Gasteiger partial charge in [0.2, 0.25) is 0 Å². The van der Waals surface area contributed by atoms with E-state index in [0.717, 1.165) is 51.3 Å². The number of fused-ring (bicyclic) bond motifs is 1. The second kappa shape index (κ2) is 9.02. The first-order valence-corrected chi connectivity index (χ1v) is 11.5. The number of aryl methyl sites for hydroxylation is 1. The van der Waals surface area contributed by atoms with E-state index in [4.69, 9.17) is 4.74 Å². The monoisotopic (exact) mass is 441 g/mol. The Morgan fingerprint density at radius 2 is 1.91 bits per heavy atom. The van der Waals surface area contributed by atoms with Crippen molar-refractivity contribution in [1.29, 1.82) is 0 Å². The second-order valence-corrected chi connectivity index (χ2v) is 8.77. The molecule has 1 aliphatic rings. The summed E-state index contributed by atoms with van der Waals surface area (Å²) in [5.41, 5.74) is 5.43. The number of nitrogens with one attached hydrogen (secondary N) is 1. The van der Waals surface area contributed by atoms with Crippen LogP contribution in [0.5, 0.6) is 0 Å². The van der Waals surface area contributed by atoms with Gasteiger partial charge >= 0.3 is 0 Å². The maximum Gasteiger partial charge on any atom is 0.255 e. The Morgan fingerprint density at radius 3 is 2.72 bits per heavy atom. The zero-order valence-corrected chi connectivity index (χ0v) is 18.6. The summed E-state index contributed by atoms with van der Waals surface area (Å²) in [5, 5.41) is 5.27. The number of aromatic nitrogens is 1. The van der Waals surface area contributed by atoms with Crippen LogP contribution in [-0.4, -0.2) is 30.0 Å².